The topological polar surface area (TPSA) is 122 Å². The Morgan fingerprint density at radius 1 is 1.33 bits per heavy atom. The first-order valence-electron chi connectivity index (χ1n) is 9.88. The van der Waals surface area contributed by atoms with Crippen molar-refractivity contribution >= 4 is 11.7 Å². The molecule has 4 rings (SSSR count). The van der Waals surface area contributed by atoms with Crippen molar-refractivity contribution < 1.29 is 14.4 Å². The molecule has 1 amide bonds. The number of piperidine rings is 1. The maximum absolute atomic E-state index is 12.8. The van der Waals surface area contributed by atoms with Crippen LogP contribution in [0.4, 0.5) is 5.82 Å². The van der Waals surface area contributed by atoms with E-state index in [9.17, 15) is 9.90 Å². The molecule has 1 aliphatic rings. The smallest absolute Gasteiger partial charge is 0.227 e. The van der Waals surface area contributed by atoms with Crippen LogP contribution in [0.2, 0.25) is 0 Å². The fourth-order valence-electron chi connectivity index (χ4n) is 3.69. The van der Waals surface area contributed by atoms with Crippen LogP contribution in [-0.2, 0) is 18.4 Å². The van der Waals surface area contributed by atoms with Gasteiger partial charge in [-0.25, -0.2) is 4.98 Å². The second-order valence-electron chi connectivity index (χ2n) is 7.57. The van der Waals surface area contributed by atoms with Crippen LogP contribution in [0.25, 0.3) is 11.5 Å². The van der Waals surface area contributed by atoms with Gasteiger partial charge >= 0.3 is 0 Å². The summed E-state index contributed by atoms with van der Waals surface area (Å²) in [5.74, 6) is 1.32. The number of carbonyl (C=O) groups excluding carboxylic acids is 1. The van der Waals surface area contributed by atoms with Gasteiger partial charge in [0.05, 0.1) is 17.7 Å². The summed E-state index contributed by atoms with van der Waals surface area (Å²) in [4.78, 5) is 19.0. The van der Waals surface area contributed by atoms with Crippen LogP contribution in [0.1, 0.15) is 23.4 Å². The fraction of sp³-hybridized carbons (Fsp3) is 0.450. The van der Waals surface area contributed by atoms with E-state index in [2.05, 4.69) is 25.7 Å². The summed E-state index contributed by atoms with van der Waals surface area (Å²) < 4.78 is 7.01. The standard InChI is InChI=1S/C20H25N7O3/c1-12-14(13(2)30-25-12)10-22-20(29)15-11-27(8-6-17(15)28)18-5-4-16(23-24-18)19-21-7-9-26(19)3/h4-5,7,9,15,17,28H,6,8,10-11H2,1-3H3,(H,22,29)/t15-,17+/m0/s1. The van der Waals surface area contributed by atoms with E-state index in [4.69, 9.17) is 4.52 Å². The van der Waals surface area contributed by atoms with Crippen LogP contribution in [-0.4, -0.2) is 55.1 Å². The van der Waals surface area contributed by atoms with Crippen LogP contribution in [0.15, 0.2) is 29.0 Å². The zero-order valence-corrected chi connectivity index (χ0v) is 17.2. The van der Waals surface area contributed by atoms with Gasteiger partial charge in [-0.05, 0) is 32.4 Å². The minimum absolute atomic E-state index is 0.204. The highest BCUT2D eigenvalue weighted by molar-refractivity contribution is 5.80. The van der Waals surface area contributed by atoms with E-state index in [-0.39, 0.29) is 5.91 Å². The average Bonchev–Trinajstić information content (AvgIpc) is 3.31. The maximum Gasteiger partial charge on any atom is 0.227 e. The lowest BCUT2D eigenvalue weighted by atomic mass is 9.93. The van der Waals surface area contributed by atoms with Gasteiger partial charge in [0.2, 0.25) is 5.91 Å². The molecule has 2 N–H and O–H groups in total. The molecule has 2 atom stereocenters. The van der Waals surface area contributed by atoms with Gasteiger partial charge in [-0.15, -0.1) is 10.2 Å². The van der Waals surface area contributed by atoms with Crippen molar-refractivity contribution in [1.29, 1.82) is 0 Å². The SMILES string of the molecule is Cc1noc(C)c1CNC(=O)[C@H]1CN(c2ccc(-c3nccn3C)nn2)CC[C@H]1O. The van der Waals surface area contributed by atoms with Crippen molar-refractivity contribution in [2.75, 3.05) is 18.0 Å². The Bertz CT molecular complexity index is 1010. The molecule has 10 heteroatoms. The zero-order chi connectivity index (χ0) is 21.3. The Morgan fingerprint density at radius 2 is 2.17 bits per heavy atom. The number of nitrogens with zero attached hydrogens (tertiary/aromatic N) is 6. The number of nitrogens with one attached hydrogen (secondary N) is 1. The number of carbonyl (C=O) groups is 1. The first-order chi connectivity index (χ1) is 14.4. The number of amides is 1. The molecule has 0 saturated carbocycles. The lowest BCUT2D eigenvalue weighted by Crippen LogP contribution is -2.50. The van der Waals surface area contributed by atoms with Gasteiger partial charge in [0.25, 0.3) is 0 Å². The van der Waals surface area contributed by atoms with E-state index in [1.807, 2.05) is 48.7 Å². The third kappa shape index (κ3) is 3.90. The molecule has 0 bridgehead atoms. The van der Waals surface area contributed by atoms with Gasteiger partial charge in [0.15, 0.2) is 11.6 Å². The number of aliphatic hydroxyl groups is 1. The van der Waals surface area contributed by atoms with Crippen molar-refractivity contribution in [3.8, 4) is 11.5 Å². The molecule has 10 nitrogen and oxygen atoms in total. The number of aliphatic hydroxyl groups excluding tert-OH is 1. The Hall–Kier alpha value is -3.27. The molecule has 0 aliphatic carbocycles. The van der Waals surface area contributed by atoms with Crippen LogP contribution in [0.3, 0.4) is 0 Å². The molecule has 1 fully saturated rings. The molecule has 0 aromatic carbocycles. The van der Waals surface area contributed by atoms with Gasteiger partial charge < -0.3 is 24.4 Å². The first kappa shape index (κ1) is 20.0. The summed E-state index contributed by atoms with van der Waals surface area (Å²) >= 11 is 0. The number of anilines is 1. The van der Waals surface area contributed by atoms with Crippen molar-refractivity contribution in [2.24, 2.45) is 13.0 Å². The summed E-state index contributed by atoms with van der Waals surface area (Å²) in [5, 5.41) is 25.8. The summed E-state index contributed by atoms with van der Waals surface area (Å²) in [6.07, 6.45) is 3.34. The molecule has 3 aromatic rings. The Labute approximate surface area is 173 Å². The number of hydrogen-bond donors (Lipinski definition) is 2. The summed E-state index contributed by atoms with van der Waals surface area (Å²) in [5.41, 5.74) is 2.29. The van der Waals surface area contributed by atoms with E-state index in [0.29, 0.717) is 43.3 Å². The monoisotopic (exact) mass is 411 g/mol. The normalized spacial score (nSPS) is 19.1. The van der Waals surface area contributed by atoms with E-state index >= 15 is 0 Å². The second kappa shape index (κ2) is 8.23. The van der Waals surface area contributed by atoms with Crippen molar-refractivity contribution in [3.63, 3.8) is 0 Å². The Morgan fingerprint density at radius 3 is 2.80 bits per heavy atom. The van der Waals surface area contributed by atoms with Crippen LogP contribution < -0.4 is 10.2 Å². The highest BCUT2D eigenvalue weighted by Crippen LogP contribution is 2.24. The van der Waals surface area contributed by atoms with Crippen LogP contribution in [0, 0.1) is 19.8 Å². The lowest BCUT2D eigenvalue weighted by molar-refractivity contribution is -0.129. The van der Waals surface area contributed by atoms with Crippen LogP contribution in [0.5, 0.6) is 0 Å². The minimum atomic E-state index is -0.703. The van der Waals surface area contributed by atoms with E-state index in [0.717, 1.165) is 17.1 Å². The molecule has 3 aromatic heterocycles. The number of hydrogen-bond acceptors (Lipinski definition) is 8. The predicted octanol–water partition coefficient (Wildman–Crippen LogP) is 0.986. The van der Waals surface area contributed by atoms with Gasteiger partial charge in [0, 0.05) is 44.6 Å². The quantitative estimate of drug-likeness (QED) is 0.637. The Kier molecular flexibility index (Phi) is 5.49. The summed E-state index contributed by atoms with van der Waals surface area (Å²) in [6.45, 7) is 4.94. The predicted molar refractivity (Wildman–Crippen MR) is 108 cm³/mol. The van der Waals surface area contributed by atoms with Gasteiger partial charge in [-0.1, -0.05) is 5.16 Å². The number of aryl methyl sites for hydroxylation is 3. The highest BCUT2D eigenvalue weighted by Gasteiger charge is 2.34. The maximum atomic E-state index is 12.8. The van der Waals surface area contributed by atoms with Crippen molar-refractivity contribution in [2.45, 2.75) is 32.9 Å². The second-order valence-corrected chi connectivity index (χ2v) is 7.57. The number of rotatable bonds is 5. The third-order valence-electron chi connectivity index (χ3n) is 5.56. The molecular weight excluding hydrogens is 386 g/mol. The molecule has 158 valence electrons. The van der Waals surface area contributed by atoms with Gasteiger partial charge in [0.1, 0.15) is 11.5 Å². The molecule has 30 heavy (non-hydrogen) atoms. The molecule has 4 heterocycles. The zero-order valence-electron chi connectivity index (χ0n) is 17.2. The summed E-state index contributed by atoms with van der Waals surface area (Å²) in [7, 11) is 1.90. The van der Waals surface area contributed by atoms with Crippen LogP contribution >= 0.6 is 0 Å². The molecule has 1 aliphatic heterocycles. The molecular formula is C20H25N7O3. The highest BCUT2D eigenvalue weighted by atomic mass is 16.5. The average molecular weight is 411 g/mol. The lowest BCUT2D eigenvalue weighted by Gasteiger charge is -2.35. The summed E-state index contributed by atoms with van der Waals surface area (Å²) in [6, 6.07) is 3.73. The fourth-order valence-corrected chi connectivity index (χ4v) is 3.69. The van der Waals surface area contributed by atoms with Crippen molar-refractivity contribution in [1.82, 2.24) is 30.2 Å². The largest absolute Gasteiger partial charge is 0.392 e. The molecule has 0 radical (unpaired) electrons. The van der Waals surface area contributed by atoms with E-state index < -0.39 is 12.0 Å². The van der Waals surface area contributed by atoms with Gasteiger partial charge in [-0.3, -0.25) is 4.79 Å². The number of aromatic nitrogens is 5. The molecule has 1 saturated heterocycles. The first-order valence-corrected chi connectivity index (χ1v) is 9.88. The minimum Gasteiger partial charge on any atom is -0.392 e. The Balaban J connectivity index is 1.42. The molecule has 0 spiro atoms. The van der Waals surface area contributed by atoms with Gasteiger partial charge in [-0.2, -0.15) is 0 Å². The van der Waals surface area contributed by atoms with E-state index in [1.54, 1.807) is 6.20 Å². The number of imidazole rings is 1. The third-order valence-corrected chi connectivity index (χ3v) is 5.56. The van der Waals surface area contributed by atoms with Crippen molar-refractivity contribution in [3.05, 3.63) is 41.5 Å². The molecule has 0 unspecified atom stereocenters. The van der Waals surface area contributed by atoms with E-state index in [1.165, 1.54) is 0 Å².